The number of amides is 2. The SMILES string of the molecule is Cc1cc(CNC(=O)c2cc(C(=O)NCC(=O)CCCCc3ccncc3)ncn2)ccc1F. The minimum Gasteiger partial charge on any atom is -0.347 e. The van der Waals surface area contributed by atoms with Gasteiger partial charge in [0, 0.05) is 31.4 Å². The van der Waals surface area contributed by atoms with Gasteiger partial charge in [-0.1, -0.05) is 12.1 Å². The van der Waals surface area contributed by atoms with Crippen LogP contribution in [0.3, 0.4) is 0 Å². The number of pyridine rings is 1. The molecule has 0 saturated carbocycles. The summed E-state index contributed by atoms with van der Waals surface area (Å²) in [5, 5.41) is 5.22. The number of carbonyl (C=O) groups excluding carboxylic acids is 3. The summed E-state index contributed by atoms with van der Waals surface area (Å²) >= 11 is 0. The summed E-state index contributed by atoms with van der Waals surface area (Å²) in [7, 11) is 0. The van der Waals surface area contributed by atoms with E-state index in [9.17, 15) is 18.8 Å². The van der Waals surface area contributed by atoms with E-state index in [4.69, 9.17) is 0 Å². The number of hydrogen-bond donors (Lipinski definition) is 2. The van der Waals surface area contributed by atoms with Crippen molar-refractivity contribution in [2.24, 2.45) is 0 Å². The summed E-state index contributed by atoms with van der Waals surface area (Å²) in [5.41, 5.74) is 2.39. The van der Waals surface area contributed by atoms with Gasteiger partial charge in [0.15, 0.2) is 5.78 Å². The number of ketones is 1. The van der Waals surface area contributed by atoms with E-state index < -0.39 is 11.8 Å². The Kier molecular flexibility index (Phi) is 8.90. The van der Waals surface area contributed by atoms with E-state index >= 15 is 0 Å². The van der Waals surface area contributed by atoms with Crippen molar-refractivity contribution in [1.82, 2.24) is 25.6 Å². The monoisotopic (exact) mass is 463 g/mol. The lowest BCUT2D eigenvalue weighted by Gasteiger charge is -2.08. The Morgan fingerprint density at radius 1 is 0.882 bits per heavy atom. The maximum Gasteiger partial charge on any atom is 0.270 e. The van der Waals surface area contributed by atoms with Crippen molar-refractivity contribution in [3.8, 4) is 0 Å². The Morgan fingerprint density at radius 3 is 2.29 bits per heavy atom. The first kappa shape index (κ1) is 24.6. The van der Waals surface area contributed by atoms with E-state index in [2.05, 4.69) is 25.6 Å². The van der Waals surface area contributed by atoms with Gasteiger partial charge in [-0.25, -0.2) is 14.4 Å². The Labute approximate surface area is 197 Å². The first-order chi connectivity index (χ1) is 16.4. The highest BCUT2D eigenvalue weighted by Gasteiger charge is 2.14. The molecule has 0 aliphatic carbocycles. The quantitative estimate of drug-likeness (QED) is 0.423. The van der Waals surface area contributed by atoms with Crippen molar-refractivity contribution in [3.63, 3.8) is 0 Å². The van der Waals surface area contributed by atoms with Crippen LogP contribution in [0.2, 0.25) is 0 Å². The maximum absolute atomic E-state index is 13.4. The molecule has 9 heteroatoms. The molecule has 0 bridgehead atoms. The molecule has 34 heavy (non-hydrogen) atoms. The van der Waals surface area contributed by atoms with Gasteiger partial charge >= 0.3 is 0 Å². The summed E-state index contributed by atoms with van der Waals surface area (Å²) in [6.45, 7) is 1.72. The molecule has 176 valence electrons. The van der Waals surface area contributed by atoms with Crippen LogP contribution < -0.4 is 10.6 Å². The topological polar surface area (TPSA) is 114 Å². The Morgan fingerprint density at radius 2 is 1.59 bits per heavy atom. The number of aromatic nitrogens is 3. The van der Waals surface area contributed by atoms with Crippen LogP contribution in [0, 0.1) is 12.7 Å². The largest absolute Gasteiger partial charge is 0.347 e. The van der Waals surface area contributed by atoms with Gasteiger partial charge in [0.2, 0.25) is 0 Å². The van der Waals surface area contributed by atoms with E-state index in [1.54, 1.807) is 31.5 Å². The van der Waals surface area contributed by atoms with E-state index in [-0.39, 0.29) is 36.1 Å². The smallest absolute Gasteiger partial charge is 0.270 e. The minimum atomic E-state index is -0.559. The number of rotatable bonds is 11. The maximum atomic E-state index is 13.4. The molecule has 0 fully saturated rings. The lowest BCUT2D eigenvalue weighted by Crippen LogP contribution is -2.31. The minimum absolute atomic E-state index is 0.0109. The van der Waals surface area contributed by atoms with Gasteiger partial charge in [-0.15, -0.1) is 0 Å². The molecule has 8 nitrogen and oxygen atoms in total. The molecule has 0 aliphatic heterocycles. The van der Waals surface area contributed by atoms with E-state index in [1.165, 1.54) is 17.7 Å². The predicted octanol–water partition coefficient (Wildman–Crippen LogP) is 2.96. The summed E-state index contributed by atoms with van der Waals surface area (Å²) < 4.78 is 13.4. The van der Waals surface area contributed by atoms with Crippen molar-refractivity contribution in [1.29, 1.82) is 0 Å². The van der Waals surface area contributed by atoms with Crippen molar-refractivity contribution < 1.29 is 18.8 Å². The molecule has 0 saturated heterocycles. The van der Waals surface area contributed by atoms with Crippen LogP contribution in [0.5, 0.6) is 0 Å². The van der Waals surface area contributed by atoms with Crippen molar-refractivity contribution in [2.45, 2.75) is 39.2 Å². The van der Waals surface area contributed by atoms with Crippen LogP contribution in [-0.2, 0) is 17.8 Å². The standard InChI is InChI=1S/C25H26FN5O3/c1-17-12-19(6-7-21(17)26)14-28-24(33)22-13-23(31-16-30-22)25(34)29-15-20(32)5-3-2-4-18-8-10-27-11-9-18/h6-13,16H,2-5,14-15H2,1H3,(H,28,33)(H,29,34). The molecule has 0 unspecified atom stereocenters. The van der Waals surface area contributed by atoms with Crippen molar-refractivity contribution in [2.75, 3.05) is 6.54 Å². The molecular formula is C25H26FN5O3. The van der Waals surface area contributed by atoms with Crippen LogP contribution in [0.25, 0.3) is 0 Å². The number of benzene rings is 1. The Balaban J connectivity index is 1.42. The summed E-state index contributed by atoms with van der Waals surface area (Å²) in [6, 6.07) is 9.72. The molecule has 0 atom stereocenters. The predicted molar refractivity (Wildman–Crippen MR) is 123 cm³/mol. The van der Waals surface area contributed by atoms with Crippen LogP contribution in [-0.4, -0.2) is 39.1 Å². The van der Waals surface area contributed by atoms with Crippen LogP contribution in [0.4, 0.5) is 4.39 Å². The fourth-order valence-electron chi connectivity index (χ4n) is 3.25. The van der Waals surface area contributed by atoms with E-state index in [0.29, 0.717) is 12.0 Å². The van der Waals surface area contributed by atoms with Gasteiger partial charge in [0.05, 0.1) is 6.54 Å². The molecule has 0 aliphatic rings. The molecule has 3 rings (SSSR count). The van der Waals surface area contributed by atoms with E-state index in [0.717, 1.165) is 31.2 Å². The number of hydrogen-bond acceptors (Lipinski definition) is 6. The van der Waals surface area contributed by atoms with Crippen LogP contribution in [0.15, 0.2) is 55.1 Å². The van der Waals surface area contributed by atoms with Crippen molar-refractivity contribution >= 4 is 17.6 Å². The fraction of sp³-hybridized carbons (Fsp3) is 0.280. The second-order valence-corrected chi connectivity index (χ2v) is 7.84. The summed E-state index contributed by atoms with van der Waals surface area (Å²) in [4.78, 5) is 48.6. The number of nitrogens with zero attached hydrogens (tertiary/aromatic N) is 3. The highest BCUT2D eigenvalue weighted by atomic mass is 19.1. The van der Waals surface area contributed by atoms with Gasteiger partial charge in [-0.3, -0.25) is 19.4 Å². The molecular weight excluding hydrogens is 437 g/mol. The van der Waals surface area contributed by atoms with Gasteiger partial charge in [0.1, 0.15) is 23.5 Å². The Bertz CT molecular complexity index is 1150. The number of halogens is 1. The highest BCUT2D eigenvalue weighted by molar-refractivity contribution is 5.98. The second kappa shape index (κ2) is 12.3. The first-order valence-corrected chi connectivity index (χ1v) is 11.0. The zero-order valence-electron chi connectivity index (χ0n) is 18.9. The summed E-state index contributed by atoms with van der Waals surface area (Å²) in [5.74, 6) is -1.45. The molecule has 0 radical (unpaired) electrons. The second-order valence-electron chi connectivity index (χ2n) is 7.84. The average Bonchev–Trinajstić information content (AvgIpc) is 2.86. The third-order valence-electron chi connectivity index (χ3n) is 5.17. The average molecular weight is 464 g/mol. The number of unbranched alkanes of at least 4 members (excludes halogenated alkanes) is 1. The van der Waals surface area contributed by atoms with Crippen LogP contribution >= 0.6 is 0 Å². The first-order valence-electron chi connectivity index (χ1n) is 11.0. The molecule has 2 N–H and O–H groups in total. The number of Topliss-reactive ketones (excluding diaryl/α,β-unsaturated/α-hetero) is 1. The number of nitrogens with one attached hydrogen (secondary N) is 2. The number of carbonyl (C=O) groups is 3. The highest BCUT2D eigenvalue weighted by Crippen LogP contribution is 2.09. The normalized spacial score (nSPS) is 10.5. The van der Waals surface area contributed by atoms with Gasteiger partial charge in [-0.2, -0.15) is 0 Å². The molecule has 0 spiro atoms. The van der Waals surface area contributed by atoms with Gasteiger partial charge < -0.3 is 10.6 Å². The zero-order valence-corrected chi connectivity index (χ0v) is 18.9. The molecule has 1 aromatic carbocycles. The lowest BCUT2D eigenvalue weighted by molar-refractivity contribution is -0.118. The molecule has 2 amide bonds. The van der Waals surface area contributed by atoms with Crippen LogP contribution in [0.1, 0.15) is 56.9 Å². The lowest BCUT2D eigenvalue weighted by atomic mass is 10.1. The zero-order chi connectivity index (χ0) is 24.3. The molecule has 2 heterocycles. The fourth-order valence-corrected chi connectivity index (χ4v) is 3.25. The molecule has 3 aromatic rings. The molecule has 2 aromatic heterocycles. The number of aryl methyl sites for hydroxylation is 2. The Hall–Kier alpha value is -4.01. The third-order valence-corrected chi connectivity index (χ3v) is 5.17. The summed E-state index contributed by atoms with van der Waals surface area (Å²) in [6.07, 6.45) is 7.43. The van der Waals surface area contributed by atoms with Gasteiger partial charge in [-0.05, 0) is 61.1 Å². The van der Waals surface area contributed by atoms with E-state index in [1.807, 2.05) is 12.1 Å². The third kappa shape index (κ3) is 7.54. The van der Waals surface area contributed by atoms with Gasteiger partial charge in [0.25, 0.3) is 11.8 Å². The van der Waals surface area contributed by atoms with Crippen molar-refractivity contribution in [3.05, 3.63) is 89.0 Å².